The van der Waals surface area contributed by atoms with E-state index >= 15 is 0 Å². The first kappa shape index (κ1) is 10.4. The largest absolute Gasteiger partial charge is 0.395 e. The van der Waals surface area contributed by atoms with E-state index in [2.05, 4.69) is 43.3 Å². The molecule has 3 rings (SSSR count). The lowest BCUT2D eigenvalue weighted by Crippen LogP contribution is -2.22. The third-order valence-corrected chi connectivity index (χ3v) is 3.92. The number of fused-ring (bicyclic) bond motifs is 1. The van der Waals surface area contributed by atoms with Gasteiger partial charge in [-0.05, 0) is 30.4 Å². The van der Waals surface area contributed by atoms with Crippen LogP contribution in [0.1, 0.15) is 43.0 Å². The van der Waals surface area contributed by atoms with Gasteiger partial charge in [0.1, 0.15) is 12.0 Å². The van der Waals surface area contributed by atoms with E-state index in [-0.39, 0.29) is 5.41 Å². The van der Waals surface area contributed by atoms with E-state index in [4.69, 9.17) is 10.3 Å². The molecule has 0 saturated heterocycles. The zero-order valence-corrected chi connectivity index (χ0v) is 10.1. The molecule has 0 saturated carbocycles. The molecule has 1 heterocycles. The molecule has 0 aliphatic heterocycles. The van der Waals surface area contributed by atoms with E-state index in [0.717, 1.165) is 12.1 Å². The van der Waals surface area contributed by atoms with Gasteiger partial charge < -0.3 is 10.3 Å². The quantitative estimate of drug-likeness (QED) is 0.816. The molecular formula is C14H16N2O. The van der Waals surface area contributed by atoms with E-state index in [1.54, 1.807) is 0 Å². The molecule has 1 aromatic carbocycles. The minimum absolute atomic E-state index is 0.118. The smallest absolute Gasteiger partial charge is 0.147 e. The van der Waals surface area contributed by atoms with Crippen LogP contribution < -0.4 is 5.73 Å². The summed E-state index contributed by atoms with van der Waals surface area (Å²) >= 11 is 0. The molecular weight excluding hydrogens is 212 g/mol. The zero-order valence-electron chi connectivity index (χ0n) is 10.1. The fourth-order valence-corrected chi connectivity index (χ4v) is 3.15. The third-order valence-electron chi connectivity index (χ3n) is 3.92. The summed E-state index contributed by atoms with van der Waals surface area (Å²) in [5.74, 6) is 0.535. The molecule has 0 bridgehead atoms. The number of nitrogen functional groups attached to an aromatic ring is 1. The van der Waals surface area contributed by atoms with Crippen molar-refractivity contribution in [3.63, 3.8) is 0 Å². The van der Waals surface area contributed by atoms with Gasteiger partial charge in [-0.1, -0.05) is 36.3 Å². The normalized spacial score (nSPS) is 27.1. The van der Waals surface area contributed by atoms with Gasteiger partial charge in [0.05, 0.1) is 5.69 Å². The third kappa shape index (κ3) is 1.32. The van der Waals surface area contributed by atoms with Gasteiger partial charge in [0, 0.05) is 5.41 Å². The Morgan fingerprint density at radius 2 is 2.18 bits per heavy atom. The Morgan fingerprint density at radius 3 is 2.88 bits per heavy atom. The molecule has 1 aromatic heterocycles. The fraction of sp³-hybridized carbons (Fsp3) is 0.357. The van der Waals surface area contributed by atoms with Crippen molar-refractivity contribution in [3.05, 3.63) is 47.3 Å². The van der Waals surface area contributed by atoms with Gasteiger partial charge in [0.25, 0.3) is 0 Å². The van der Waals surface area contributed by atoms with E-state index in [1.807, 2.05) is 0 Å². The van der Waals surface area contributed by atoms with Crippen LogP contribution in [0.4, 0.5) is 5.69 Å². The van der Waals surface area contributed by atoms with Crippen molar-refractivity contribution >= 4 is 5.69 Å². The van der Waals surface area contributed by atoms with Crippen LogP contribution in [0.25, 0.3) is 0 Å². The van der Waals surface area contributed by atoms with Crippen molar-refractivity contribution in [2.24, 2.45) is 0 Å². The van der Waals surface area contributed by atoms with E-state index in [9.17, 15) is 0 Å². The first-order valence-electron chi connectivity index (χ1n) is 5.92. The van der Waals surface area contributed by atoms with Crippen molar-refractivity contribution < 1.29 is 4.52 Å². The Labute approximate surface area is 101 Å². The summed E-state index contributed by atoms with van der Waals surface area (Å²) < 4.78 is 5.00. The first-order valence-corrected chi connectivity index (χ1v) is 5.92. The molecule has 2 N–H and O–H groups in total. The molecule has 0 amide bonds. The van der Waals surface area contributed by atoms with Crippen LogP contribution >= 0.6 is 0 Å². The second-order valence-corrected chi connectivity index (χ2v) is 5.14. The van der Waals surface area contributed by atoms with Crippen molar-refractivity contribution in [2.75, 3.05) is 5.73 Å². The minimum atomic E-state index is -0.118. The molecule has 2 atom stereocenters. The van der Waals surface area contributed by atoms with E-state index in [0.29, 0.717) is 11.6 Å². The molecule has 1 aliphatic rings. The van der Waals surface area contributed by atoms with Crippen LogP contribution in [0.3, 0.4) is 0 Å². The lowest BCUT2D eigenvalue weighted by atomic mass is 9.80. The fourth-order valence-electron chi connectivity index (χ4n) is 3.15. The number of hydrogen-bond donors (Lipinski definition) is 1. The summed E-state index contributed by atoms with van der Waals surface area (Å²) in [6, 6.07) is 8.53. The number of rotatable bonds is 1. The van der Waals surface area contributed by atoms with Gasteiger partial charge in [0.2, 0.25) is 0 Å². The van der Waals surface area contributed by atoms with E-state index in [1.165, 1.54) is 17.4 Å². The number of nitrogens with two attached hydrogens (primary N) is 1. The predicted molar refractivity (Wildman–Crippen MR) is 66.8 cm³/mol. The van der Waals surface area contributed by atoms with Crippen molar-refractivity contribution in [1.82, 2.24) is 5.16 Å². The second-order valence-electron chi connectivity index (χ2n) is 5.14. The Balaban J connectivity index is 2.21. The Morgan fingerprint density at radius 1 is 1.41 bits per heavy atom. The highest BCUT2D eigenvalue weighted by Crippen LogP contribution is 2.50. The highest BCUT2D eigenvalue weighted by atomic mass is 16.5. The molecule has 2 aromatic rings. The summed E-state index contributed by atoms with van der Waals surface area (Å²) in [6.45, 7) is 4.45. The molecule has 0 spiro atoms. The first-order chi connectivity index (χ1) is 8.13. The highest BCUT2D eigenvalue weighted by molar-refractivity contribution is 5.54. The number of aromatic nitrogens is 1. The average molecular weight is 228 g/mol. The Hall–Kier alpha value is -1.77. The molecule has 3 heteroatoms. The van der Waals surface area contributed by atoms with Crippen LogP contribution in [0.2, 0.25) is 0 Å². The number of benzene rings is 1. The van der Waals surface area contributed by atoms with Crippen LogP contribution in [0, 0.1) is 0 Å². The molecule has 2 unspecified atom stereocenters. The second kappa shape index (κ2) is 3.36. The summed E-state index contributed by atoms with van der Waals surface area (Å²) in [4.78, 5) is 0. The van der Waals surface area contributed by atoms with Crippen molar-refractivity contribution in [2.45, 2.75) is 31.6 Å². The van der Waals surface area contributed by atoms with Crippen LogP contribution in [0.15, 0.2) is 35.1 Å². The van der Waals surface area contributed by atoms with Crippen molar-refractivity contribution in [3.8, 4) is 0 Å². The Kier molecular flexibility index (Phi) is 2.05. The lowest BCUT2D eigenvalue weighted by molar-refractivity contribution is 0.388. The Bertz CT molecular complexity index is 561. The number of nitrogens with zero attached hydrogens (tertiary/aromatic N) is 1. The van der Waals surface area contributed by atoms with Crippen LogP contribution in [-0.2, 0) is 5.41 Å². The van der Waals surface area contributed by atoms with Crippen LogP contribution in [0.5, 0.6) is 0 Å². The minimum Gasteiger partial charge on any atom is -0.395 e. The SMILES string of the molecule is CC1CC(C)(c2nocc2N)c2ccccc21. The predicted octanol–water partition coefficient (Wildman–Crippen LogP) is 3.07. The van der Waals surface area contributed by atoms with Crippen molar-refractivity contribution in [1.29, 1.82) is 0 Å². The molecule has 17 heavy (non-hydrogen) atoms. The maximum atomic E-state index is 5.95. The average Bonchev–Trinajstić information content (AvgIpc) is 2.85. The van der Waals surface area contributed by atoms with Gasteiger partial charge in [-0.25, -0.2) is 0 Å². The molecule has 0 radical (unpaired) electrons. The molecule has 1 aliphatic carbocycles. The van der Waals surface area contributed by atoms with Gasteiger partial charge in [-0.3, -0.25) is 0 Å². The van der Waals surface area contributed by atoms with Gasteiger partial charge in [-0.15, -0.1) is 0 Å². The topological polar surface area (TPSA) is 52.0 Å². The number of anilines is 1. The van der Waals surface area contributed by atoms with Crippen LogP contribution in [-0.4, -0.2) is 5.16 Å². The zero-order chi connectivity index (χ0) is 12.0. The highest BCUT2D eigenvalue weighted by Gasteiger charge is 2.42. The molecule has 0 fully saturated rings. The van der Waals surface area contributed by atoms with Gasteiger partial charge in [0.15, 0.2) is 0 Å². The summed E-state index contributed by atoms with van der Waals surface area (Å²) in [7, 11) is 0. The maximum Gasteiger partial charge on any atom is 0.147 e. The summed E-state index contributed by atoms with van der Waals surface area (Å²) in [5.41, 5.74) is 10.1. The summed E-state index contributed by atoms with van der Waals surface area (Å²) in [6.07, 6.45) is 2.55. The standard InChI is InChI=1S/C14H16N2O/c1-9-7-14(2,13-12(15)8-17-16-13)11-6-4-3-5-10(9)11/h3-6,8-9H,7,15H2,1-2H3. The van der Waals surface area contributed by atoms with Gasteiger partial charge >= 0.3 is 0 Å². The van der Waals surface area contributed by atoms with E-state index < -0.39 is 0 Å². The number of hydrogen-bond acceptors (Lipinski definition) is 3. The maximum absolute atomic E-state index is 5.95. The lowest BCUT2D eigenvalue weighted by Gasteiger charge is -2.23. The van der Waals surface area contributed by atoms with Gasteiger partial charge in [-0.2, -0.15) is 0 Å². The summed E-state index contributed by atoms with van der Waals surface area (Å²) in [5, 5.41) is 4.10. The molecule has 3 nitrogen and oxygen atoms in total. The molecule has 88 valence electrons. The monoisotopic (exact) mass is 228 g/mol.